The molecule has 0 atom stereocenters. The van der Waals surface area contributed by atoms with E-state index in [0.29, 0.717) is 5.75 Å². The molecular weight excluding hydrogens is 260 g/mol. The average Bonchev–Trinajstić information content (AvgIpc) is 2.03. The second-order valence-electron chi connectivity index (χ2n) is 2.04. The summed E-state index contributed by atoms with van der Waals surface area (Å²) in [5, 5.41) is 14.7. The summed E-state index contributed by atoms with van der Waals surface area (Å²) in [4.78, 5) is 0. The number of para-hydroxylation sites is 1. The number of nitrogens with one attached hydrogen (secondary N) is 1. The molecule has 0 aliphatic rings. The molecule has 0 radical (unpaired) electrons. The number of aromatic hydroxyl groups is 1. The van der Waals surface area contributed by atoms with Gasteiger partial charge in [-0.15, -0.1) is 0 Å². The number of phenolic OH excluding ortho intramolecular Hbond substituents is 1. The van der Waals surface area contributed by atoms with Gasteiger partial charge in [-0.05, 0) is 12.1 Å². The number of benzene rings is 1. The normalized spacial score (nSPS) is 8.00. The van der Waals surface area contributed by atoms with Crippen molar-refractivity contribution >= 4 is 40.8 Å². The van der Waals surface area contributed by atoms with Crippen LogP contribution in [0.2, 0.25) is 0 Å². The standard InChI is InChI=1S/C6H6O.CHCl3.CH5N3/c7-6-4-2-1-3-5-6;2*2-1(3)4/h1-5,7H;1H;(H5,2,3,4). The van der Waals surface area contributed by atoms with Crippen molar-refractivity contribution in [1.29, 1.82) is 5.41 Å². The first kappa shape index (κ1) is 16.6. The minimum absolute atomic E-state index is 0.322. The highest BCUT2D eigenvalue weighted by atomic mass is 35.6. The molecule has 0 bridgehead atoms. The minimum atomic E-state index is -0.750. The monoisotopic (exact) mass is 271 g/mol. The summed E-state index contributed by atoms with van der Waals surface area (Å²) < 4.78 is -0.750. The maximum Gasteiger partial charge on any atom is 0.183 e. The van der Waals surface area contributed by atoms with Crippen molar-refractivity contribution in [3.05, 3.63) is 30.3 Å². The van der Waals surface area contributed by atoms with Crippen LogP contribution in [0, 0.1) is 5.41 Å². The topological polar surface area (TPSA) is 96.1 Å². The van der Waals surface area contributed by atoms with Gasteiger partial charge in [0.1, 0.15) is 5.75 Å². The van der Waals surface area contributed by atoms with Crippen molar-refractivity contribution in [3.8, 4) is 5.75 Å². The van der Waals surface area contributed by atoms with Crippen molar-refractivity contribution in [1.82, 2.24) is 0 Å². The molecule has 0 amide bonds. The van der Waals surface area contributed by atoms with Crippen LogP contribution in [0.3, 0.4) is 0 Å². The highest BCUT2D eigenvalue weighted by Gasteiger charge is 1.79. The molecule has 0 fully saturated rings. The Morgan fingerprint density at radius 1 is 1.13 bits per heavy atom. The van der Waals surface area contributed by atoms with Gasteiger partial charge >= 0.3 is 0 Å². The van der Waals surface area contributed by atoms with Crippen molar-refractivity contribution in [2.75, 3.05) is 0 Å². The fraction of sp³-hybridized carbons (Fsp3) is 0.125. The molecule has 1 aromatic carbocycles. The Bertz CT molecular complexity index is 250. The molecule has 4 nitrogen and oxygen atoms in total. The van der Waals surface area contributed by atoms with E-state index >= 15 is 0 Å². The minimum Gasteiger partial charge on any atom is -0.508 e. The van der Waals surface area contributed by atoms with Crippen LogP contribution in [0.1, 0.15) is 0 Å². The van der Waals surface area contributed by atoms with Gasteiger partial charge in [-0.3, -0.25) is 5.41 Å². The number of phenols is 1. The molecule has 7 heteroatoms. The summed E-state index contributed by atoms with van der Waals surface area (Å²) in [7, 11) is 0. The van der Waals surface area contributed by atoms with Crippen molar-refractivity contribution in [2.24, 2.45) is 11.5 Å². The molecule has 15 heavy (non-hydrogen) atoms. The van der Waals surface area contributed by atoms with Crippen LogP contribution in [0.5, 0.6) is 5.75 Å². The molecular formula is C8H12Cl3N3O. The molecule has 0 aliphatic heterocycles. The molecule has 0 unspecified atom stereocenters. The van der Waals surface area contributed by atoms with E-state index < -0.39 is 4.30 Å². The van der Waals surface area contributed by atoms with Gasteiger partial charge < -0.3 is 16.6 Å². The molecule has 0 saturated carbocycles. The number of halogens is 3. The Balaban J connectivity index is 0. The SMILES string of the molecule is ClC(Cl)Cl.N=C(N)N.Oc1ccccc1. The van der Waals surface area contributed by atoms with Gasteiger partial charge in [-0.25, -0.2) is 0 Å². The molecule has 86 valence electrons. The lowest BCUT2D eigenvalue weighted by molar-refractivity contribution is 0.475. The second kappa shape index (κ2) is 11.2. The fourth-order valence-electron chi connectivity index (χ4n) is 0.428. The Kier molecular flexibility index (Phi) is 12.4. The van der Waals surface area contributed by atoms with Crippen molar-refractivity contribution < 1.29 is 5.11 Å². The van der Waals surface area contributed by atoms with Crippen LogP contribution >= 0.6 is 34.8 Å². The second-order valence-corrected chi connectivity index (χ2v) is 4.02. The number of rotatable bonds is 0. The zero-order valence-corrected chi connectivity index (χ0v) is 9.97. The van der Waals surface area contributed by atoms with Gasteiger partial charge in [0.25, 0.3) is 0 Å². The predicted octanol–water partition coefficient (Wildman–Crippen LogP) is 2.22. The van der Waals surface area contributed by atoms with Crippen LogP contribution in [0.25, 0.3) is 0 Å². The lowest BCUT2D eigenvalue weighted by Crippen LogP contribution is -2.20. The molecule has 0 spiro atoms. The van der Waals surface area contributed by atoms with E-state index in [9.17, 15) is 0 Å². The van der Waals surface area contributed by atoms with E-state index in [1.165, 1.54) is 0 Å². The number of hydrogen-bond donors (Lipinski definition) is 4. The number of nitrogens with two attached hydrogens (primary N) is 2. The molecule has 0 aromatic heterocycles. The summed E-state index contributed by atoms with van der Waals surface area (Å²) >= 11 is 14.4. The van der Waals surface area contributed by atoms with Crippen LogP contribution in [0.4, 0.5) is 0 Å². The Labute approximate surface area is 103 Å². The number of hydrogen-bond acceptors (Lipinski definition) is 2. The van der Waals surface area contributed by atoms with Gasteiger partial charge in [0.2, 0.25) is 0 Å². The Morgan fingerprint density at radius 3 is 1.53 bits per heavy atom. The van der Waals surface area contributed by atoms with Crippen LogP contribution in [-0.2, 0) is 0 Å². The first-order chi connectivity index (χ1) is 6.86. The number of guanidine groups is 1. The number of alkyl halides is 3. The predicted molar refractivity (Wildman–Crippen MR) is 65.6 cm³/mol. The molecule has 0 heterocycles. The summed E-state index contributed by atoms with van der Waals surface area (Å²) in [5.41, 5.74) is 8.94. The zero-order valence-electron chi connectivity index (χ0n) is 7.70. The third kappa shape index (κ3) is 32.0. The Hall–Kier alpha value is -0.840. The van der Waals surface area contributed by atoms with Gasteiger partial charge in [-0.1, -0.05) is 53.0 Å². The van der Waals surface area contributed by atoms with Crippen LogP contribution < -0.4 is 11.5 Å². The van der Waals surface area contributed by atoms with Gasteiger partial charge in [0, 0.05) is 0 Å². The van der Waals surface area contributed by atoms with Gasteiger partial charge in [-0.2, -0.15) is 0 Å². The smallest absolute Gasteiger partial charge is 0.183 e. The van der Waals surface area contributed by atoms with E-state index in [1.54, 1.807) is 24.3 Å². The maximum atomic E-state index is 8.63. The highest BCUT2D eigenvalue weighted by Crippen LogP contribution is 2.03. The van der Waals surface area contributed by atoms with Gasteiger partial charge in [0.15, 0.2) is 10.3 Å². The zero-order chi connectivity index (χ0) is 12.3. The lowest BCUT2D eigenvalue weighted by atomic mass is 10.3. The molecule has 0 saturated heterocycles. The molecule has 1 aromatic rings. The highest BCUT2D eigenvalue weighted by molar-refractivity contribution is 6.63. The first-order valence-corrected chi connectivity index (χ1v) is 4.93. The quantitative estimate of drug-likeness (QED) is 0.331. The van der Waals surface area contributed by atoms with Crippen molar-refractivity contribution in [3.63, 3.8) is 0 Å². The van der Waals surface area contributed by atoms with E-state index in [0.717, 1.165) is 0 Å². The molecule has 1 rings (SSSR count). The molecule has 6 N–H and O–H groups in total. The Morgan fingerprint density at radius 2 is 1.40 bits per heavy atom. The van der Waals surface area contributed by atoms with E-state index in [2.05, 4.69) is 11.5 Å². The van der Waals surface area contributed by atoms with Crippen molar-refractivity contribution in [2.45, 2.75) is 4.30 Å². The third-order valence-corrected chi connectivity index (χ3v) is 0.756. The van der Waals surface area contributed by atoms with E-state index in [4.69, 9.17) is 45.3 Å². The summed E-state index contributed by atoms with van der Waals surface area (Å²) in [6, 6.07) is 8.71. The summed E-state index contributed by atoms with van der Waals surface area (Å²) in [5.74, 6) is -0.0116. The average molecular weight is 273 g/mol. The maximum absolute atomic E-state index is 8.63. The van der Waals surface area contributed by atoms with Crippen LogP contribution in [0.15, 0.2) is 30.3 Å². The lowest BCUT2D eigenvalue weighted by Gasteiger charge is -1.82. The first-order valence-electron chi connectivity index (χ1n) is 3.62. The van der Waals surface area contributed by atoms with E-state index in [-0.39, 0.29) is 5.96 Å². The van der Waals surface area contributed by atoms with Crippen LogP contribution in [-0.4, -0.2) is 15.4 Å². The third-order valence-electron chi connectivity index (χ3n) is 0.756. The van der Waals surface area contributed by atoms with E-state index in [1.807, 2.05) is 6.07 Å². The summed E-state index contributed by atoms with van der Waals surface area (Å²) in [6.45, 7) is 0. The summed E-state index contributed by atoms with van der Waals surface area (Å²) in [6.07, 6.45) is 0. The molecule has 0 aliphatic carbocycles. The van der Waals surface area contributed by atoms with Gasteiger partial charge in [0.05, 0.1) is 0 Å². The fourth-order valence-corrected chi connectivity index (χ4v) is 0.428. The largest absolute Gasteiger partial charge is 0.508 e.